The normalized spacial score (nSPS) is 12.7. The third-order valence-electron chi connectivity index (χ3n) is 1.27. The van der Waals surface area contributed by atoms with E-state index in [0.717, 1.165) is 5.56 Å². The Kier molecular flexibility index (Phi) is 1.63. The van der Waals surface area contributed by atoms with Gasteiger partial charge in [-0.15, -0.1) is 0 Å². The highest BCUT2D eigenvalue weighted by molar-refractivity contribution is 7.89. The molecule has 3 nitrogen and oxygen atoms in total. The predicted octanol–water partition coefficient (Wildman–Crippen LogP) is 0.642. The Morgan fingerprint density at radius 2 is 2.09 bits per heavy atom. The van der Waals surface area contributed by atoms with Crippen molar-refractivity contribution in [1.29, 1.82) is 0 Å². The van der Waals surface area contributed by atoms with Crippen molar-refractivity contribution < 1.29 is 9.79 Å². The lowest BCUT2D eigenvalue weighted by molar-refractivity contribution is 0.598. The molecule has 60 valence electrons. The van der Waals surface area contributed by atoms with Gasteiger partial charge in [0, 0.05) is 0 Å². The number of hydrogen-bond donors (Lipinski definition) is 1. The van der Waals surface area contributed by atoms with Crippen LogP contribution in [0.4, 0.5) is 0 Å². The fraction of sp³-hybridized carbons (Fsp3) is 0.143. The number of benzene rings is 1. The van der Waals surface area contributed by atoms with Crippen LogP contribution in [0.15, 0.2) is 29.1 Å². The van der Waals surface area contributed by atoms with Gasteiger partial charge in [-0.25, -0.2) is 13.6 Å². The van der Waals surface area contributed by atoms with E-state index in [1.165, 1.54) is 12.1 Å². The molecule has 1 rings (SSSR count). The maximum atomic E-state index is 10.8. The highest BCUT2D eigenvalue weighted by Crippen LogP contribution is 2.06. The second kappa shape index (κ2) is 2.64. The van der Waals surface area contributed by atoms with E-state index in [9.17, 15) is 8.42 Å². The van der Waals surface area contributed by atoms with Gasteiger partial charge < -0.3 is 0 Å². The van der Waals surface area contributed by atoms with Crippen LogP contribution in [0.2, 0.25) is 0 Å². The molecule has 4 heteroatoms. The third kappa shape index (κ3) is 2.03. The Hall–Kier alpha value is -0.870. The standard InChI is InChI=1S/C7H9NO2S/c1-6-2-4-7(5-3-6)11(8,9)10/h2-5H,1H3,(H2,8,9,10)/i2D. The smallest absolute Gasteiger partial charge is 0.225 e. The Bertz CT molecular complexity index is 400. The Morgan fingerprint density at radius 3 is 2.55 bits per heavy atom. The van der Waals surface area contributed by atoms with Crippen molar-refractivity contribution in [3.05, 3.63) is 29.8 Å². The summed E-state index contributed by atoms with van der Waals surface area (Å²) in [6.07, 6.45) is 0. The summed E-state index contributed by atoms with van der Waals surface area (Å²) >= 11 is 0. The number of nitrogens with two attached hydrogens (primary N) is 1. The van der Waals surface area contributed by atoms with Crippen LogP contribution in [0, 0.1) is 6.92 Å². The van der Waals surface area contributed by atoms with Crippen molar-refractivity contribution in [3.63, 3.8) is 0 Å². The molecule has 0 unspecified atom stereocenters. The number of hydrogen-bond acceptors (Lipinski definition) is 2. The first-order chi connectivity index (χ1) is 5.41. The molecule has 0 bridgehead atoms. The van der Waals surface area contributed by atoms with E-state index in [1.54, 1.807) is 13.0 Å². The van der Waals surface area contributed by atoms with E-state index in [4.69, 9.17) is 6.51 Å². The van der Waals surface area contributed by atoms with Crippen LogP contribution in [-0.2, 0) is 10.0 Å². The lowest BCUT2D eigenvalue weighted by atomic mass is 10.2. The quantitative estimate of drug-likeness (QED) is 0.675. The van der Waals surface area contributed by atoms with E-state index in [1.807, 2.05) is 0 Å². The van der Waals surface area contributed by atoms with Gasteiger partial charge in [-0.05, 0) is 19.1 Å². The fourth-order valence-electron chi connectivity index (χ4n) is 0.665. The van der Waals surface area contributed by atoms with E-state index in [2.05, 4.69) is 0 Å². The van der Waals surface area contributed by atoms with Gasteiger partial charge in [0.15, 0.2) is 0 Å². The van der Waals surface area contributed by atoms with Crippen LogP contribution < -0.4 is 5.14 Å². The number of rotatable bonds is 1. The van der Waals surface area contributed by atoms with Gasteiger partial charge in [-0.3, -0.25) is 0 Å². The molecule has 0 heterocycles. The lowest BCUT2D eigenvalue weighted by Crippen LogP contribution is -2.11. The van der Waals surface area contributed by atoms with Crippen molar-refractivity contribution in [2.24, 2.45) is 5.14 Å². The molecule has 0 saturated carbocycles. The maximum Gasteiger partial charge on any atom is 0.238 e. The first-order valence-electron chi connectivity index (χ1n) is 3.51. The Balaban J connectivity index is 3.33. The highest BCUT2D eigenvalue weighted by atomic mass is 32.2. The second-order valence-electron chi connectivity index (χ2n) is 2.25. The summed E-state index contributed by atoms with van der Waals surface area (Å²) < 4.78 is 28.9. The molecule has 0 spiro atoms. The van der Waals surface area contributed by atoms with Crippen LogP contribution in [-0.4, -0.2) is 8.42 Å². The van der Waals surface area contributed by atoms with E-state index in [-0.39, 0.29) is 10.9 Å². The van der Waals surface area contributed by atoms with E-state index < -0.39 is 10.0 Å². The molecule has 0 radical (unpaired) electrons. The summed E-state index contributed by atoms with van der Waals surface area (Å²) in [5.41, 5.74) is 0.724. The summed E-state index contributed by atoms with van der Waals surface area (Å²) in [6.45, 7) is 1.73. The molecule has 0 aliphatic heterocycles. The SMILES string of the molecule is [2H]c1cc(S(N)(=O)=O)ccc1C. The van der Waals surface area contributed by atoms with Gasteiger partial charge in [0.25, 0.3) is 0 Å². The minimum atomic E-state index is -3.66. The second-order valence-corrected chi connectivity index (χ2v) is 3.81. The molecule has 1 aromatic rings. The van der Waals surface area contributed by atoms with Gasteiger partial charge in [-0.2, -0.15) is 0 Å². The molecule has 0 aromatic heterocycles. The Morgan fingerprint density at radius 1 is 1.45 bits per heavy atom. The topological polar surface area (TPSA) is 60.2 Å². The minimum Gasteiger partial charge on any atom is -0.225 e. The third-order valence-corrected chi connectivity index (χ3v) is 2.18. The molecular weight excluding hydrogens is 162 g/mol. The van der Waals surface area contributed by atoms with E-state index >= 15 is 0 Å². The monoisotopic (exact) mass is 172 g/mol. The van der Waals surface area contributed by atoms with Crippen LogP contribution in [0.3, 0.4) is 0 Å². The fourth-order valence-corrected chi connectivity index (χ4v) is 1.15. The van der Waals surface area contributed by atoms with Gasteiger partial charge in [0.2, 0.25) is 10.0 Å². The number of aryl methyl sites for hydroxylation is 1. The molecular formula is C7H9NO2S. The maximum absolute atomic E-state index is 10.8. The first kappa shape index (κ1) is 6.82. The van der Waals surface area contributed by atoms with Crippen molar-refractivity contribution >= 4 is 10.0 Å². The van der Waals surface area contributed by atoms with Crippen molar-refractivity contribution in [2.45, 2.75) is 11.8 Å². The highest BCUT2D eigenvalue weighted by Gasteiger charge is 2.04. The molecule has 0 saturated heterocycles. The molecule has 0 fully saturated rings. The predicted molar refractivity (Wildman–Crippen MR) is 42.6 cm³/mol. The zero-order valence-corrected chi connectivity index (χ0v) is 6.85. The summed E-state index contributed by atoms with van der Waals surface area (Å²) in [5.74, 6) is 0. The van der Waals surface area contributed by atoms with Crippen molar-refractivity contribution in [2.75, 3.05) is 0 Å². The number of primary sulfonamides is 1. The molecule has 1 aromatic carbocycles. The van der Waals surface area contributed by atoms with Gasteiger partial charge in [0.1, 0.15) is 0 Å². The van der Waals surface area contributed by atoms with E-state index in [0.29, 0.717) is 0 Å². The molecule has 0 aliphatic carbocycles. The van der Waals surface area contributed by atoms with Gasteiger partial charge >= 0.3 is 0 Å². The zero-order chi connectivity index (χ0) is 9.35. The molecule has 0 aliphatic rings. The van der Waals surface area contributed by atoms with Crippen molar-refractivity contribution in [1.82, 2.24) is 0 Å². The average molecular weight is 172 g/mol. The van der Waals surface area contributed by atoms with Crippen LogP contribution in [0.25, 0.3) is 0 Å². The average Bonchev–Trinajstić information content (AvgIpc) is 1.92. The molecule has 11 heavy (non-hydrogen) atoms. The number of sulfonamides is 1. The largest absolute Gasteiger partial charge is 0.238 e. The summed E-state index contributed by atoms with van der Waals surface area (Å²) in [5, 5.41) is 4.86. The molecule has 0 atom stereocenters. The zero-order valence-electron chi connectivity index (χ0n) is 7.03. The minimum absolute atomic E-state index is 0.0156. The lowest BCUT2D eigenvalue weighted by Gasteiger charge is -1.96. The van der Waals surface area contributed by atoms with Crippen LogP contribution in [0.5, 0.6) is 0 Å². The molecule has 0 amide bonds. The summed E-state index contributed by atoms with van der Waals surface area (Å²) in [6, 6.07) is 4.37. The van der Waals surface area contributed by atoms with Crippen molar-refractivity contribution in [3.8, 4) is 0 Å². The summed E-state index contributed by atoms with van der Waals surface area (Å²) in [7, 11) is -3.66. The van der Waals surface area contributed by atoms with Crippen LogP contribution in [0.1, 0.15) is 6.93 Å². The summed E-state index contributed by atoms with van der Waals surface area (Å²) in [4.78, 5) is -0.0156. The van der Waals surface area contributed by atoms with Gasteiger partial charge in [-0.1, -0.05) is 17.7 Å². The Labute approximate surface area is 67.3 Å². The first-order valence-corrected chi connectivity index (χ1v) is 4.56. The molecule has 2 N–H and O–H groups in total. The van der Waals surface area contributed by atoms with Crippen LogP contribution >= 0.6 is 0 Å². The van der Waals surface area contributed by atoms with Gasteiger partial charge in [0.05, 0.1) is 6.27 Å².